The highest BCUT2D eigenvalue weighted by Crippen LogP contribution is 2.17. The number of aromatic nitrogens is 3. The molecule has 0 aliphatic heterocycles. The van der Waals surface area contributed by atoms with Gasteiger partial charge in [0, 0.05) is 25.0 Å². The lowest BCUT2D eigenvalue weighted by Crippen LogP contribution is -2.28. The Balaban J connectivity index is 1.89. The number of hydrogen-bond donors (Lipinski definition) is 1. The number of nitrogens with zero attached hydrogens (tertiary/aromatic N) is 3. The first-order chi connectivity index (χ1) is 12.0. The Morgan fingerprint density at radius 3 is 2.68 bits per heavy atom. The first-order valence-corrected chi connectivity index (χ1v) is 10.4. The summed E-state index contributed by atoms with van der Waals surface area (Å²) in [5.74, 6) is 0.270. The van der Waals surface area contributed by atoms with Crippen molar-refractivity contribution in [3.63, 3.8) is 0 Å². The van der Waals surface area contributed by atoms with Gasteiger partial charge in [-0.15, -0.1) is 16.9 Å². The lowest BCUT2D eigenvalue weighted by atomic mass is 10.2. The van der Waals surface area contributed by atoms with Crippen molar-refractivity contribution in [3.8, 4) is 0 Å². The molecule has 1 N–H and O–H groups in total. The van der Waals surface area contributed by atoms with Crippen LogP contribution in [0.1, 0.15) is 25.3 Å². The van der Waals surface area contributed by atoms with E-state index < -0.39 is 0 Å². The highest BCUT2D eigenvalue weighted by molar-refractivity contribution is 7.99. The maximum absolute atomic E-state index is 12.4. The number of amides is 1. The van der Waals surface area contributed by atoms with Crippen LogP contribution in [0.4, 0.5) is 0 Å². The third-order valence-electron chi connectivity index (χ3n) is 3.79. The van der Waals surface area contributed by atoms with Gasteiger partial charge in [0.05, 0.1) is 5.75 Å². The highest BCUT2D eigenvalue weighted by atomic mass is 32.2. The summed E-state index contributed by atoms with van der Waals surface area (Å²) >= 11 is 2.99. The van der Waals surface area contributed by atoms with Crippen LogP contribution in [0, 0.1) is 0 Å². The number of aromatic amines is 1. The lowest BCUT2D eigenvalue weighted by Gasteiger charge is -2.17. The fraction of sp³-hybridized carbons (Fsp3) is 0.471. The molecule has 1 amide bonds. The summed E-state index contributed by atoms with van der Waals surface area (Å²) in [5, 5.41) is 7.05. The zero-order chi connectivity index (χ0) is 18.2. The van der Waals surface area contributed by atoms with Crippen LogP contribution in [0.2, 0.25) is 0 Å². The second-order valence-electron chi connectivity index (χ2n) is 5.70. The Labute approximate surface area is 156 Å². The molecule has 6 nitrogen and oxygen atoms in total. The molecule has 0 aliphatic carbocycles. The van der Waals surface area contributed by atoms with Crippen LogP contribution in [0.5, 0.6) is 0 Å². The average Bonchev–Trinajstić information content (AvgIpc) is 2.98. The number of carbonyl (C=O) groups excluding carboxylic acids is 1. The minimum Gasteiger partial charge on any atom is -0.341 e. The summed E-state index contributed by atoms with van der Waals surface area (Å²) in [5.41, 5.74) is 0.879. The summed E-state index contributed by atoms with van der Waals surface area (Å²) in [6.07, 6.45) is 3.95. The molecule has 1 heterocycles. The molecule has 0 bridgehead atoms. The molecule has 0 atom stereocenters. The molecule has 0 radical (unpaired) electrons. The second kappa shape index (κ2) is 9.72. The zero-order valence-corrected chi connectivity index (χ0v) is 16.5. The molecule has 2 rings (SSSR count). The van der Waals surface area contributed by atoms with Crippen molar-refractivity contribution in [3.05, 3.63) is 40.3 Å². The van der Waals surface area contributed by atoms with Crippen LogP contribution in [-0.2, 0) is 17.9 Å². The topological polar surface area (TPSA) is 71.0 Å². The minimum atomic E-state index is -0.217. The molecular weight excluding hydrogens is 356 g/mol. The maximum Gasteiger partial charge on any atom is 0.343 e. The fourth-order valence-electron chi connectivity index (χ4n) is 2.26. The van der Waals surface area contributed by atoms with Crippen LogP contribution >= 0.6 is 23.5 Å². The van der Waals surface area contributed by atoms with E-state index in [0.29, 0.717) is 18.2 Å². The first kappa shape index (κ1) is 19.7. The molecule has 25 heavy (non-hydrogen) atoms. The molecule has 136 valence electrons. The summed E-state index contributed by atoms with van der Waals surface area (Å²) in [7, 11) is 1.79. The summed E-state index contributed by atoms with van der Waals surface area (Å²) in [6, 6.07) is 8.20. The van der Waals surface area contributed by atoms with Gasteiger partial charge in [-0.3, -0.25) is 9.36 Å². The van der Waals surface area contributed by atoms with Gasteiger partial charge in [-0.2, -0.15) is 0 Å². The zero-order valence-electron chi connectivity index (χ0n) is 14.8. The molecular formula is C17H24N4O2S2. The molecule has 0 fully saturated rings. The number of benzene rings is 1. The normalized spacial score (nSPS) is 10.8. The van der Waals surface area contributed by atoms with Crippen molar-refractivity contribution in [2.24, 2.45) is 0 Å². The predicted molar refractivity (Wildman–Crippen MR) is 103 cm³/mol. The van der Waals surface area contributed by atoms with Crippen LogP contribution in [0.3, 0.4) is 0 Å². The number of hydrogen-bond acceptors (Lipinski definition) is 5. The van der Waals surface area contributed by atoms with Gasteiger partial charge in [0.15, 0.2) is 5.16 Å². The van der Waals surface area contributed by atoms with E-state index in [1.807, 2.05) is 18.4 Å². The van der Waals surface area contributed by atoms with Crippen molar-refractivity contribution in [1.29, 1.82) is 0 Å². The van der Waals surface area contributed by atoms with E-state index in [0.717, 1.165) is 18.4 Å². The Morgan fingerprint density at radius 1 is 1.32 bits per heavy atom. The quantitative estimate of drug-likeness (QED) is 0.678. The van der Waals surface area contributed by atoms with Gasteiger partial charge in [-0.05, 0) is 30.4 Å². The van der Waals surface area contributed by atoms with Crippen molar-refractivity contribution in [2.45, 2.75) is 42.9 Å². The van der Waals surface area contributed by atoms with E-state index in [9.17, 15) is 9.59 Å². The van der Waals surface area contributed by atoms with E-state index in [4.69, 9.17) is 0 Å². The third-order valence-corrected chi connectivity index (χ3v) is 5.49. The first-order valence-electron chi connectivity index (χ1n) is 8.20. The molecule has 1 aromatic carbocycles. The van der Waals surface area contributed by atoms with E-state index in [-0.39, 0.29) is 17.3 Å². The number of rotatable bonds is 9. The van der Waals surface area contributed by atoms with Crippen molar-refractivity contribution in [1.82, 2.24) is 19.7 Å². The SMILES string of the molecule is CCCCn1c(SCC(=O)N(C)Cc2ccc(SC)cc2)n[nH]c1=O. The van der Waals surface area contributed by atoms with Crippen LogP contribution in [0.15, 0.2) is 39.1 Å². The third kappa shape index (κ3) is 5.67. The average molecular weight is 381 g/mol. The largest absolute Gasteiger partial charge is 0.343 e. The molecule has 0 aliphatic rings. The number of thioether (sulfide) groups is 2. The molecule has 8 heteroatoms. The Morgan fingerprint density at radius 2 is 2.04 bits per heavy atom. The Bertz CT molecular complexity index is 740. The van der Waals surface area contributed by atoms with Crippen LogP contribution < -0.4 is 5.69 Å². The molecule has 0 saturated heterocycles. The Hall–Kier alpha value is -1.67. The highest BCUT2D eigenvalue weighted by Gasteiger charge is 2.14. The van der Waals surface area contributed by atoms with Crippen LogP contribution in [-0.4, -0.2) is 44.6 Å². The van der Waals surface area contributed by atoms with Gasteiger partial charge in [0.1, 0.15) is 0 Å². The van der Waals surface area contributed by atoms with E-state index in [1.165, 1.54) is 16.7 Å². The van der Waals surface area contributed by atoms with Gasteiger partial charge in [0.2, 0.25) is 5.91 Å². The van der Waals surface area contributed by atoms with Crippen molar-refractivity contribution in [2.75, 3.05) is 19.1 Å². The molecule has 0 saturated carbocycles. The van der Waals surface area contributed by atoms with Gasteiger partial charge < -0.3 is 4.90 Å². The van der Waals surface area contributed by atoms with E-state index >= 15 is 0 Å². The van der Waals surface area contributed by atoms with E-state index in [1.54, 1.807) is 28.3 Å². The monoisotopic (exact) mass is 380 g/mol. The minimum absolute atomic E-state index is 0.0106. The second-order valence-corrected chi connectivity index (χ2v) is 7.53. The predicted octanol–water partition coefficient (Wildman–Crippen LogP) is 2.84. The molecule has 0 spiro atoms. The fourth-order valence-corrected chi connectivity index (χ4v) is 3.58. The number of unbranched alkanes of at least 4 members (excludes halogenated alkanes) is 1. The van der Waals surface area contributed by atoms with Crippen LogP contribution in [0.25, 0.3) is 0 Å². The van der Waals surface area contributed by atoms with Gasteiger partial charge in [-0.1, -0.05) is 37.2 Å². The van der Waals surface area contributed by atoms with E-state index in [2.05, 4.69) is 29.3 Å². The summed E-state index contributed by atoms with van der Waals surface area (Å²) in [4.78, 5) is 27.0. The number of H-pyrrole nitrogens is 1. The maximum atomic E-state index is 12.4. The van der Waals surface area contributed by atoms with Gasteiger partial charge in [-0.25, -0.2) is 9.89 Å². The summed E-state index contributed by atoms with van der Waals surface area (Å²) in [6.45, 7) is 3.26. The molecule has 1 aromatic heterocycles. The van der Waals surface area contributed by atoms with Crippen molar-refractivity contribution < 1.29 is 4.79 Å². The Kier molecular flexibility index (Phi) is 7.64. The lowest BCUT2D eigenvalue weighted by molar-refractivity contribution is -0.127. The smallest absolute Gasteiger partial charge is 0.341 e. The molecule has 2 aromatic rings. The standard InChI is InChI=1S/C17H24N4O2S2/c1-4-5-10-21-16(23)18-19-17(21)25-12-15(22)20(2)11-13-6-8-14(24-3)9-7-13/h6-9H,4-5,10-12H2,1-3H3,(H,18,23). The van der Waals surface area contributed by atoms with Crippen molar-refractivity contribution >= 4 is 29.4 Å². The number of nitrogens with one attached hydrogen (secondary N) is 1. The number of carbonyl (C=O) groups is 1. The van der Waals surface area contributed by atoms with Gasteiger partial charge in [0.25, 0.3) is 0 Å². The summed E-state index contributed by atoms with van der Waals surface area (Å²) < 4.78 is 1.60. The molecule has 0 unspecified atom stereocenters. The van der Waals surface area contributed by atoms with Gasteiger partial charge >= 0.3 is 5.69 Å².